The van der Waals surface area contributed by atoms with E-state index in [1.54, 1.807) is 0 Å². The molecule has 4 nitrogen and oxygen atoms in total. The Hall–Kier alpha value is -2.49. The third-order valence-electron chi connectivity index (χ3n) is 5.13. The van der Waals surface area contributed by atoms with E-state index in [0.717, 1.165) is 38.3 Å². The van der Waals surface area contributed by atoms with Gasteiger partial charge in [0.15, 0.2) is 0 Å². The monoisotopic (exact) mass is 351 g/mol. The van der Waals surface area contributed by atoms with Gasteiger partial charge in [-0.15, -0.1) is 0 Å². The van der Waals surface area contributed by atoms with Gasteiger partial charge < -0.3 is 15.1 Å². The van der Waals surface area contributed by atoms with Crippen LogP contribution in [-0.4, -0.2) is 37.1 Å². The van der Waals surface area contributed by atoms with Crippen molar-refractivity contribution in [1.82, 2.24) is 4.90 Å². The van der Waals surface area contributed by atoms with Gasteiger partial charge in [0, 0.05) is 37.6 Å². The number of amides is 2. The maximum absolute atomic E-state index is 12.6. The van der Waals surface area contributed by atoms with Crippen molar-refractivity contribution in [3.63, 3.8) is 0 Å². The van der Waals surface area contributed by atoms with Crippen molar-refractivity contribution in [3.8, 4) is 0 Å². The van der Waals surface area contributed by atoms with E-state index in [0.29, 0.717) is 5.92 Å². The minimum Gasteiger partial charge on any atom is -0.368 e. The molecule has 1 aliphatic rings. The van der Waals surface area contributed by atoms with E-state index >= 15 is 0 Å². The average molecular weight is 351 g/mol. The van der Waals surface area contributed by atoms with Crippen molar-refractivity contribution in [2.45, 2.75) is 33.1 Å². The molecule has 2 amide bonds. The van der Waals surface area contributed by atoms with Crippen LogP contribution in [-0.2, 0) is 6.42 Å². The summed E-state index contributed by atoms with van der Waals surface area (Å²) < 4.78 is 0. The fraction of sp³-hybridized carbons (Fsp3) is 0.409. The molecule has 0 saturated carbocycles. The highest BCUT2D eigenvalue weighted by Crippen LogP contribution is 2.22. The van der Waals surface area contributed by atoms with Gasteiger partial charge in [-0.2, -0.15) is 0 Å². The lowest BCUT2D eigenvalue weighted by Gasteiger charge is -2.36. The molecule has 0 aromatic heterocycles. The molecule has 0 spiro atoms. The second-order valence-electron chi connectivity index (χ2n) is 7.16. The lowest BCUT2D eigenvalue weighted by atomic mass is 10.0. The number of hydrogen-bond acceptors (Lipinski definition) is 2. The molecule has 26 heavy (non-hydrogen) atoms. The summed E-state index contributed by atoms with van der Waals surface area (Å²) in [7, 11) is 0. The SMILES string of the molecule is CCc1ccccc1NC(=O)N1CCN(c2ccc(C(C)C)cc2)CC1. The average Bonchev–Trinajstić information content (AvgIpc) is 2.68. The van der Waals surface area contributed by atoms with Gasteiger partial charge in [-0.05, 0) is 41.7 Å². The van der Waals surface area contributed by atoms with Crippen molar-refractivity contribution in [3.05, 3.63) is 59.7 Å². The second-order valence-corrected chi connectivity index (χ2v) is 7.16. The van der Waals surface area contributed by atoms with Gasteiger partial charge in [0.1, 0.15) is 0 Å². The van der Waals surface area contributed by atoms with Crippen LogP contribution in [0, 0.1) is 0 Å². The Morgan fingerprint density at radius 1 is 1.00 bits per heavy atom. The first kappa shape index (κ1) is 18.3. The van der Waals surface area contributed by atoms with E-state index in [9.17, 15) is 4.79 Å². The van der Waals surface area contributed by atoms with E-state index in [1.807, 2.05) is 23.1 Å². The van der Waals surface area contributed by atoms with Crippen molar-refractivity contribution in [2.24, 2.45) is 0 Å². The Balaban J connectivity index is 1.57. The molecule has 1 N–H and O–H groups in total. The lowest BCUT2D eigenvalue weighted by Crippen LogP contribution is -2.50. The number of carbonyl (C=O) groups is 1. The second kappa shape index (κ2) is 8.26. The Labute approximate surface area is 156 Å². The Kier molecular flexibility index (Phi) is 5.82. The van der Waals surface area contributed by atoms with E-state index in [-0.39, 0.29) is 6.03 Å². The molecule has 1 heterocycles. The van der Waals surface area contributed by atoms with E-state index < -0.39 is 0 Å². The normalized spacial score (nSPS) is 14.6. The predicted molar refractivity (Wildman–Crippen MR) is 109 cm³/mol. The van der Waals surface area contributed by atoms with E-state index in [2.05, 4.69) is 61.3 Å². The molecule has 2 aromatic carbocycles. The first-order valence-electron chi connectivity index (χ1n) is 9.57. The zero-order valence-electron chi connectivity index (χ0n) is 16.0. The van der Waals surface area contributed by atoms with Gasteiger partial charge in [-0.25, -0.2) is 4.79 Å². The number of hydrogen-bond donors (Lipinski definition) is 1. The number of benzene rings is 2. The van der Waals surface area contributed by atoms with Crippen LogP contribution in [0.5, 0.6) is 0 Å². The molecule has 1 aliphatic heterocycles. The third-order valence-corrected chi connectivity index (χ3v) is 5.13. The largest absolute Gasteiger partial charge is 0.368 e. The van der Waals surface area contributed by atoms with E-state index in [1.165, 1.54) is 16.8 Å². The summed E-state index contributed by atoms with van der Waals surface area (Å²) in [6.45, 7) is 9.74. The summed E-state index contributed by atoms with van der Waals surface area (Å²) in [4.78, 5) is 16.9. The summed E-state index contributed by atoms with van der Waals surface area (Å²) in [5.41, 5.74) is 4.70. The summed E-state index contributed by atoms with van der Waals surface area (Å²) in [6, 6.07) is 16.8. The van der Waals surface area contributed by atoms with Gasteiger partial charge in [-0.1, -0.05) is 51.1 Å². The Morgan fingerprint density at radius 3 is 2.27 bits per heavy atom. The fourth-order valence-corrected chi connectivity index (χ4v) is 3.38. The van der Waals surface area contributed by atoms with Crippen molar-refractivity contribution < 1.29 is 4.79 Å². The molecule has 0 aliphatic carbocycles. The Morgan fingerprint density at radius 2 is 1.65 bits per heavy atom. The van der Waals surface area contributed by atoms with Crippen LogP contribution in [0.15, 0.2) is 48.5 Å². The predicted octanol–water partition coefficient (Wildman–Crippen LogP) is 4.73. The number of anilines is 2. The third kappa shape index (κ3) is 4.18. The molecule has 0 bridgehead atoms. The van der Waals surface area contributed by atoms with Crippen molar-refractivity contribution in [2.75, 3.05) is 36.4 Å². The number of carbonyl (C=O) groups excluding carboxylic acids is 1. The number of rotatable bonds is 4. The van der Waals surface area contributed by atoms with E-state index in [4.69, 9.17) is 0 Å². The molecule has 0 unspecified atom stereocenters. The molecule has 1 fully saturated rings. The maximum Gasteiger partial charge on any atom is 0.321 e. The highest BCUT2D eigenvalue weighted by Gasteiger charge is 2.21. The highest BCUT2D eigenvalue weighted by molar-refractivity contribution is 5.90. The van der Waals surface area contributed by atoms with Crippen LogP contribution in [0.3, 0.4) is 0 Å². The fourth-order valence-electron chi connectivity index (χ4n) is 3.38. The number of nitrogens with zero attached hydrogens (tertiary/aromatic N) is 2. The Bertz CT molecular complexity index is 731. The zero-order valence-corrected chi connectivity index (χ0v) is 16.0. The summed E-state index contributed by atoms with van der Waals surface area (Å²) in [5, 5.41) is 3.07. The number of para-hydroxylation sites is 1. The highest BCUT2D eigenvalue weighted by atomic mass is 16.2. The molecular weight excluding hydrogens is 322 g/mol. The summed E-state index contributed by atoms with van der Waals surface area (Å²) >= 11 is 0. The van der Waals surface area contributed by atoms with Gasteiger partial charge >= 0.3 is 6.03 Å². The van der Waals surface area contributed by atoms with Gasteiger partial charge in [0.05, 0.1) is 0 Å². The van der Waals surface area contributed by atoms with Gasteiger partial charge in [0.2, 0.25) is 0 Å². The van der Waals surface area contributed by atoms with Gasteiger partial charge in [-0.3, -0.25) is 0 Å². The number of nitrogens with one attached hydrogen (secondary N) is 1. The van der Waals surface area contributed by atoms with Crippen LogP contribution in [0.4, 0.5) is 16.2 Å². The van der Waals surface area contributed by atoms with Crippen molar-refractivity contribution >= 4 is 17.4 Å². The lowest BCUT2D eigenvalue weighted by molar-refractivity contribution is 0.208. The van der Waals surface area contributed by atoms with Crippen molar-refractivity contribution in [1.29, 1.82) is 0 Å². The zero-order chi connectivity index (χ0) is 18.5. The number of aryl methyl sites for hydroxylation is 1. The summed E-state index contributed by atoms with van der Waals surface area (Å²) in [6.07, 6.45) is 0.913. The minimum absolute atomic E-state index is 0.000653. The quantitative estimate of drug-likeness (QED) is 0.864. The molecule has 1 saturated heterocycles. The number of piperazine rings is 1. The first-order valence-corrected chi connectivity index (χ1v) is 9.57. The smallest absolute Gasteiger partial charge is 0.321 e. The topological polar surface area (TPSA) is 35.6 Å². The summed E-state index contributed by atoms with van der Waals surface area (Å²) in [5.74, 6) is 0.551. The molecule has 4 heteroatoms. The molecular formula is C22H29N3O. The minimum atomic E-state index is 0.000653. The van der Waals surface area contributed by atoms with Crippen LogP contribution < -0.4 is 10.2 Å². The molecule has 3 rings (SSSR count). The van der Waals surface area contributed by atoms with Crippen LogP contribution in [0.25, 0.3) is 0 Å². The molecule has 138 valence electrons. The maximum atomic E-state index is 12.6. The standard InChI is InChI=1S/C22H29N3O/c1-4-18-7-5-6-8-21(18)23-22(26)25-15-13-24(14-16-25)20-11-9-19(10-12-20)17(2)3/h5-12,17H,4,13-16H2,1-3H3,(H,23,26). The van der Waals surface area contributed by atoms with Crippen LogP contribution in [0.1, 0.15) is 37.8 Å². The van der Waals surface area contributed by atoms with Crippen LogP contribution >= 0.6 is 0 Å². The molecule has 0 radical (unpaired) electrons. The number of urea groups is 1. The molecule has 2 aromatic rings. The molecule has 0 atom stereocenters. The first-order chi connectivity index (χ1) is 12.6. The van der Waals surface area contributed by atoms with Gasteiger partial charge in [0.25, 0.3) is 0 Å². The van der Waals surface area contributed by atoms with Crippen LogP contribution in [0.2, 0.25) is 0 Å².